The maximum Gasteiger partial charge on any atom is 0.264 e. The molecule has 166 valence electrons. The van der Waals surface area contributed by atoms with Crippen LogP contribution in [0.25, 0.3) is 0 Å². The summed E-state index contributed by atoms with van der Waals surface area (Å²) < 4.78 is 67.4. The summed E-state index contributed by atoms with van der Waals surface area (Å²) in [5, 5.41) is 0.529. The predicted molar refractivity (Wildman–Crippen MR) is 119 cm³/mol. The van der Waals surface area contributed by atoms with Crippen molar-refractivity contribution in [2.45, 2.75) is 30.7 Å². The van der Waals surface area contributed by atoms with Crippen LogP contribution in [0.15, 0.2) is 47.4 Å². The molecule has 0 unspecified atom stereocenters. The normalized spacial score (nSPS) is 13.4. The molecule has 30 heavy (non-hydrogen) atoms. The van der Waals surface area contributed by atoms with Crippen LogP contribution in [0.2, 0.25) is 10.0 Å². The summed E-state index contributed by atoms with van der Waals surface area (Å²) in [4.78, 5) is -0.0703. The highest BCUT2D eigenvalue weighted by Crippen LogP contribution is 2.32. The van der Waals surface area contributed by atoms with Gasteiger partial charge in [0.25, 0.3) is 10.0 Å². The molecule has 0 saturated heterocycles. The fraction of sp³-hybridized carbons (Fsp3) is 0.368. The zero-order chi connectivity index (χ0) is 22.7. The Kier molecular flexibility index (Phi) is 8.15. The van der Waals surface area contributed by atoms with E-state index in [9.17, 15) is 21.2 Å². The number of anilines is 1. The molecule has 0 heterocycles. The van der Waals surface area contributed by atoms with Gasteiger partial charge >= 0.3 is 0 Å². The average Bonchev–Trinajstić information content (AvgIpc) is 2.64. The zero-order valence-electron chi connectivity index (χ0n) is 16.7. The number of halogens is 3. The van der Waals surface area contributed by atoms with Gasteiger partial charge in [0.2, 0.25) is 10.0 Å². The Morgan fingerprint density at radius 1 is 0.967 bits per heavy atom. The number of sulfonamides is 2. The molecule has 0 amide bonds. The molecule has 0 fully saturated rings. The van der Waals surface area contributed by atoms with Gasteiger partial charge in [0.05, 0.1) is 16.3 Å². The van der Waals surface area contributed by atoms with Gasteiger partial charge in [0, 0.05) is 30.2 Å². The second-order valence-electron chi connectivity index (χ2n) is 6.94. The van der Waals surface area contributed by atoms with Crippen LogP contribution >= 0.6 is 23.2 Å². The van der Waals surface area contributed by atoms with Crippen LogP contribution in [-0.2, 0) is 20.0 Å². The molecule has 0 spiro atoms. The molecule has 0 bridgehead atoms. The predicted octanol–water partition coefficient (Wildman–Crippen LogP) is 4.39. The van der Waals surface area contributed by atoms with Crippen molar-refractivity contribution in [3.8, 4) is 0 Å². The molecule has 2 aromatic carbocycles. The van der Waals surface area contributed by atoms with E-state index >= 15 is 0 Å². The van der Waals surface area contributed by atoms with Crippen molar-refractivity contribution < 1.29 is 21.2 Å². The Bertz CT molecular complexity index is 1090. The van der Waals surface area contributed by atoms with Gasteiger partial charge in [-0.15, -0.1) is 0 Å². The molecule has 0 saturated carbocycles. The maximum absolute atomic E-state index is 14.6. The van der Waals surface area contributed by atoms with E-state index in [-0.39, 0.29) is 34.2 Å². The highest BCUT2D eigenvalue weighted by Gasteiger charge is 2.32. The number of rotatable bonds is 9. The first-order valence-corrected chi connectivity index (χ1v) is 12.8. The second kappa shape index (κ2) is 9.82. The van der Waals surface area contributed by atoms with Crippen molar-refractivity contribution in [1.29, 1.82) is 0 Å². The van der Waals surface area contributed by atoms with Crippen molar-refractivity contribution in [2.24, 2.45) is 0 Å². The Labute approximate surface area is 187 Å². The fourth-order valence-electron chi connectivity index (χ4n) is 2.84. The van der Waals surface area contributed by atoms with Gasteiger partial charge in [-0.2, -0.15) is 0 Å². The Hall–Kier alpha value is -1.39. The number of hydrogen-bond acceptors (Lipinski definition) is 4. The topological polar surface area (TPSA) is 74.8 Å². The molecule has 2 aromatic rings. The summed E-state index contributed by atoms with van der Waals surface area (Å²) in [6.45, 7) is 1.59. The summed E-state index contributed by atoms with van der Waals surface area (Å²) in [5.74, 6) is -0.915. The Morgan fingerprint density at radius 2 is 1.53 bits per heavy atom. The largest absolute Gasteiger partial charge is 0.264 e. The van der Waals surface area contributed by atoms with E-state index < -0.39 is 31.9 Å². The second-order valence-corrected chi connectivity index (χ2v) is 11.9. The third kappa shape index (κ3) is 5.85. The monoisotopic (exact) mass is 496 g/mol. The zero-order valence-corrected chi connectivity index (χ0v) is 19.9. The van der Waals surface area contributed by atoms with Crippen molar-refractivity contribution in [1.82, 2.24) is 4.31 Å². The standard InChI is InChI=1S/C19H23Cl2FN2O4S2/c1-14(5-4-12-29(25,26)23(2)3)24(19-13-16(21)8-11-18(19)22)30(27,28)17-9-6-15(20)7-10-17/h6-11,13-14H,4-5,12H2,1-3H3/t14-/m1/s1. The van der Waals surface area contributed by atoms with E-state index in [1.165, 1.54) is 50.5 Å². The van der Waals surface area contributed by atoms with Crippen LogP contribution in [0.5, 0.6) is 0 Å². The molecule has 0 radical (unpaired) electrons. The SMILES string of the molecule is C[C@H](CCCS(=O)(=O)N(C)C)N(c1cc(Cl)ccc1F)S(=O)(=O)c1ccc(Cl)cc1. The summed E-state index contributed by atoms with van der Waals surface area (Å²) in [5.41, 5.74) is -0.208. The summed E-state index contributed by atoms with van der Waals surface area (Å²) in [7, 11) is -4.76. The number of nitrogens with zero attached hydrogens (tertiary/aromatic N) is 2. The van der Waals surface area contributed by atoms with Crippen LogP contribution in [0.1, 0.15) is 19.8 Å². The summed E-state index contributed by atoms with van der Waals surface area (Å²) in [6.07, 6.45) is 0.377. The van der Waals surface area contributed by atoms with E-state index in [0.717, 1.165) is 14.7 Å². The number of benzene rings is 2. The van der Waals surface area contributed by atoms with Crippen molar-refractivity contribution >= 4 is 48.9 Å². The molecule has 0 aliphatic heterocycles. The van der Waals surface area contributed by atoms with Gasteiger partial charge in [-0.25, -0.2) is 25.5 Å². The third-order valence-electron chi connectivity index (χ3n) is 4.50. The highest BCUT2D eigenvalue weighted by molar-refractivity contribution is 7.92. The first-order chi connectivity index (χ1) is 13.9. The minimum Gasteiger partial charge on any atom is -0.261 e. The van der Waals surface area contributed by atoms with Crippen LogP contribution in [0.3, 0.4) is 0 Å². The highest BCUT2D eigenvalue weighted by atomic mass is 35.5. The van der Waals surface area contributed by atoms with E-state index in [1.54, 1.807) is 6.92 Å². The van der Waals surface area contributed by atoms with Crippen LogP contribution in [0, 0.1) is 5.82 Å². The maximum atomic E-state index is 14.6. The lowest BCUT2D eigenvalue weighted by atomic mass is 10.2. The molecule has 6 nitrogen and oxygen atoms in total. The molecule has 0 aromatic heterocycles. The molecule has 11 heteroatoms. The van der Waals surface area contributed by atoms with Crippen LogP contribution < -0.4 is 4.31 Å². The van der Waals surface area contributed by atoms with Crippen LogP contribution in [-0.4, -0.2) is 47.0 Å². The van der Waals surface area contributed by atoms with E-state index in [1.807, 2.05) is 0 Å². The van der Waals surface area contributed by atoms with Gasteiger partial charge in [-0.1, -0.05) is 23.2 Å². The Balaban J connectivity index is 2.44. The molecule has 0 N–H and O–H groups in total. The molecule has 0 aliphatic carbocycles. The lowest BCUT2D eigenvalue weighted by molar-refractivity contribution is 0.513. The van der Waals surface area contributed by atoms with E-state index in [2.05, 4.69) is 0 Å². The number of hydrogen-bond donors (Lipinski definition) is 0. The molecular formula is C19H23Cl2FN2O4S2. The smallest absolute Gasteiger partial charge is 0.261 e. The van der Waals surface area contributed by atoms with Gasteiger partial charge < -0.3 is 0 Å². The molecule has 2 rings (SSSR count). The molecule has 1 atom stereocenters. The van der Waals surface area contributed by atoms with Crippen molar-refractivity contribution in [3.63, 3.8) is 0 Å². The minimum absolute atomic E-state index is 0.0703. The van der Waals surface area contributed by atoms with E-state index in [4.69, 9.17) is 23.2 Å². The first-order valence-electron chi connectivity index (χ1n) is 9.01. The van der Waals surface area contributed by atoms with Crippen molar-refractivity contribution in [3.05, 3.63) is 58.3 Å². The third-order valence-corrected chi connectivity index (χ3v) is 8.84. The summed E-state index contributed by atoms with van der Waals surface area (Å²) in [6, 6.07) is 8.41. The quantitative estimate of drug-likeness (QED) is 0.515. The minimum atomic E-state index is -4.18. The average molecular weight is 497 g/mol. The summed E-state index contributed by atoms with van der Waals surface area (Å²) >= 11 is 11.8. The van der Waals surface area contributed by atoms with E-state index in [0.29, 0.717) is 5.02 Å². The molecular weight excluding hydrogens is 474 g/mol. The first kappa shape index (κ1) is 24.9. The van der Waals surface area contributed by atoms with Crippen molar-refractivity contribution in [2.75, 3.05) is 24.2 Å². The lowest BCUT2D eigenvalue weighted by Gasteiger charge is -2.31. The lowest BCUT2D eigenvalue weighted by Crippen LogP contribution is -2.39. The van der Waals surface area contributed by atoms with Gasteiger partial charge in [0.15, 0.2) is 0 Å². The fourth-order valence-corrected chi connectivity index (χ4v) is 5.71. The van der Waals surface area contributed by atoms with Gasteiger partial charge in [-0.3, -0.25) is 4.31 Å². The van der Waals surface area contributed by atoms with Gasteiger partial charge in [-0.05, 0) is 62.2 Å². The van der Waals surface area contributed by atoms with Crippen LogP contribution in [0.4, 0.5) is 10.1 Å². The Morgan fingerprint density at radius 3 is 2.10 bits per heavy atom. The van der Waals surface area contributed by atoms with Gasteiger partial charge in [0.1, 0.15) is 5.82 Å². The molecule has 0 aliphatic rings.